The van der Waals surface area contributed by atoms with Crippen molar-refractivity contribution in [2.75, 3.05) is 7.11 Å². The molecule has 20 heavy (non-hydrogen) atoms. The lowest BCUT2D eigenvalue weighted by Crippen LogP contribution is -2.08. The maximum absolute atomic E-state index is 6.03. The fourth-order valence-corrected chi connectivity index (χ4v) is 2.29. The number of aryl methyl sites for hydroxylation is 1. The van der Waals surface area contributed by atoms with Crippen molar-refractivity contribution in [3.63, 3.8) is 0 Å². The van der Waals surface area contributed by atoms with Gasteiger partial charge < -0.3 is 15.2 Å². The Morgan fingerprint density at radius 3 is 2.45 bits per heavy atom. The van der Waals surface area contributed by atoms with E-state index in [0.717, 1.165) is 32.8 Å². The average molecular weight is 336 g/mol. The Hall–Kier alpha value is -1.52. The first-order chi connectivity index (χ1) is 9.52. The van der Waals surface area contributed by atoms with E-state index in [-0.39, 0.29) is 6.04 Å². The Labute approximate surface area is 127 Å². The molecule has 0 bridgehead atoms. The van der Waals surface area contributed by atoms with Crippen LogP contribution in [0.3, 0.4) is 0 Å². The first-order valence-electron chi connectivity index (χ1n) is 6.39. The monoisotopic (exact) mass is 335 g/mol. The third-order valence-corrected chi connectivity index (χ3v) is 3.95. The smallest absolute Gasteiger partial charge is 0.135 e. The number of halogens is 1. The molecule has 4 heteroatoms. The first-order valence-corrected chi connectivity index (χ1v) is 7.18. The van der Waals surface area contributed by atoms with E-state index >= 15 is 0 Å². The molecule has 0 saturated heterocycles. The molecule has 2 aromatic carbocycles. The van der Waals surface area contributed by atoms with Gasteiger partial charge in [0, 0.05) is 10.5 Å². The molecule has 0 aromatic heterocycles. The highest BCUT2D eigenvalue weighted by Gasteiger charge is 2.15. The van der Waals surface area contributed by atoms with Gasteiger partial charge in [-0.2, -0.15) is 0 Å². The lowest BCUT2D eigenvalue weighted by Gasteiger charge is -2.17. The van der Waals surface area contributed by atoms with Gasteiger partial charge >= 0.3 is 0 Å². The van der Waals surface area contributed by atoms with Crippen LogP contribution >= 0.6 is 15.9 Å². The van der Waals surface area contributed by atoms with Gasteiger partial charge in [0.15, 0.2) is 0 Å². The van der Waals surface area contributed by atoms with Gasteiger partial charge in [0.2, 0.25) is 0 Å². The molecule has 106 valence electrons. The zero-order valence-electron chi connectivity index (χ0n) is 11.8. The van der Waals surface area contributed by atoms with Crippen LogP contribution in [0.25, 0.3) is 0 Å². The third-order valence-electron chi connectivity index (χ3n) is 3.06. The summed E-state index contributed by atoms with van der Waals surface area (Å²) in [7, 11) is 1.63. The highest BCUT2D eigenvalue weighted by Crippen LogP contribution is 2.36. The SMILES string of the molecule is COc1cccc(Oc2ccc(Br)c(C)c2)c1C(C)N. The van der Waals surface area contributed by atoms with Crippen molar-refractivity contribution < 1.29 is 9.47 Å². The van der Waals surface area contributed by atoms with Crippen molar-refractivity contribution in [1.29, 1.82) is 0 Å². The Balaban J connectivity index is 2.40. The number of nitrogens with two attached hydrogens (primary N) is 1. The second-order valence-corrected chi connectivity index (χ2v) is 5.53. The summed E-state index contributed by atoms with van der Waals surface area (Å²) in [5.74, 6) is 2.24. The summed E-state index contributed by atoms with van der Waals surface area (Å²) in [4.78, 5) is 0. The minimum absolute atomic E-state index is 0.169. The molecule has 3 nitrogen and oxygen atoms in total. The quantitative estimate of drug-likeness (QED) is 0.889. The van der Waals surface area contributed by atoms with E-state index in [9.17, 15) is 0 Å². The number of hydrogen-bond acceptors (Lipinski definition) is 3. The lowest BCUT2D eigenvalue weighted by atomic mass is 10.1. The molecule has 2 aromatic rings. The molecular weight excluding hydrogens is 318 g/mol. The summed E-state index contributed by atoms with van der Waals surface area (Å²) in [6.07, 6.45) is 0. The van der Waals surface area contributed by atoms with Crippen LogP contribution in [0.1, 0.15) is 24.1 Å². The highest BCUT2D eigenvalue weighted by molar-refractivity contribution is 9.10. The van der Waals surface area contributed by atoms with Gasteiger partial charge in [-0.05, 0) is 49.7 Å². The van der Waals surface area contributed by atoms with Crippen LogP contribution in [0.4, 0.5) is 0 Å². The molecule has 1 unspecified atom stereocenters. The summed E-state index contributed by atoms with van der Waals surface area (Å²) in [5, 5.41) is 0. The Kier molecular flexibility index (Phi) is 4.68. The maximum atomic E-state index is 6.03. The van der Waals surface area contributed by atoms with Crippen molar-refractivity contribution >= 4 is 15.9 Å². The largest absolute Gasteiger partial charge is 0.496 e. The van der Waals surface area contributed by atoms with Crippen molar-refractivity contribution in [2.24, 2.45) is 5.73 Å². The van der Waals surface area contributed by atoms with Crippen LogP contribution in [0.2, 0.25) is 0 Å². The Bertz CT molecular complexity index is 611. The second-order valence-electron chi connectivity index (χ2n) is 4.67. The predicted octanol–water partition coefficient (Wildman–Crippen LogP) is 4.58. The van der Waals surface area contributed by atoms with Crippen molar-refractivity contribution in [2.45, 2.75) is 19.9 Å². The number of ether oxygens (including phenoxy) is 2. The predicted molar refractivity (Wildman–Crippen MR) is 84.5 cm³/mol. The van der Waals surface area contributed by atoms with Crippen LogP contribution in [0, 0.1) is 6.92 Å². The number of hydrogen-bond donors (Lipinski definition) is 1. The van der Waals surface area contributed by atoms with Crippen LogP contribution in [-0.2, 0) is 0 Å². The van der Waals surface area contributed by atoms with Gasteiger partial charge in [0.25, 0.3) is 0 Å². The van der Waals surface area contributed by atoms with E-state index in [1.165, 1.54) is 0 Å². The van der Waals surface area contributed by atoms with Crippen LogP contribution in [-0.4, -0.2) is 7.11 Å². The summed E-state index contributed by atoms with van der Waals surface area (Å²) in [6.45, 7) is 3.94. The first kappa shape index (κ1) is 14.9. The number of benzene rings is 2. The summed E-state index contributed by atoms with van der Waals surface area (Å²) < 4.78 is 12.4. The number of methoxy groups -OCH3 is 1. The molecule has 0 heterocycles. The van der Waals surface area contributed by atoms with E-state index in [1.807, 2.05) is 50.2 Å². The van der Waals surface area contributed by atoms with Crippen LogP contribution in [0.5, 0.6) is 17.2 Å². The van der Waals surface area contributed by atoms with Crippen LogP contribution in [0.15, 0.2) is 40.9 Å². The molecule has 1 atom stereocenters. The minimum atomic E-state index is -0.169. The molecule has 0 fully saturated rings. The van der Waals surface area contributed by atoms with Gasteiger partial charge in [0.05, 0.1) is 12.7 Å². The highest BCUT2D eigenvalue weighted by atomic mass is 79.9. The molecule has 0 amide bonds. The van der Waals surface area contributed by atoms with E-state index in [4.69, 9.17) is 15.2 Å². The third kappa shape index (κ3) is 3.14. The normalized spacial score (nSPS) is 12.1. The Morgan fingerprint density at radius 2 is 1.85 bits per heavy atom. The van der Waals surface area contributed by atoms with Crippen LogP contribution < -0.4 is 15.2 Å². The summed E-state index contributed by atoms with van der Waals surface area (Å²) in [6, 6.07) is 11.4. The molecular formula is C16H18BrNO2. The van der Waals surface area contributed by atoms with E-state index in [2.05, 4.69) is 15.9 Å². The van der Waals surface area contributed by atoms with E-state index in [0.29, 0.717) is 0 Å². The maximum Gasteiger partial charge on any atom is 0.135 e. The molecule has 0 saturated carbocycles. The zero-order valence-corrected chi connectivity index (χ0v) is 13.4. The van der Waals surface area contributed by atoms with E-state index < -0.39 is 0 Å². The van der Waals surface area contributed by atoms with Crippen molar-refractivity contribution in [1.82, 2.24) is 0 Å². The molecule has 0 aliphatic carbocycles. The standard InChI is InChI=1S/C16H18BrNO2/c1-10-9-12(7-8-13(10)17)20-15-6-4-5-14(19-3)16(15)11(2)18/h4-9,11H,18H2,1-3H3. The summed E-state index contributed by atoms with van der Waals surface area (Å²) >= 11 is 3.48. The van der Waals surface area contributed by atoms with Gasteiger partial charge in [-0.3, -0.25) is 0 Å². The average Bonchev–Trinajstić information content (AvgIpc) is 2.42. The van der Waals surface area contributed by atoms with Gasteiger partial charge in [0.1, 0.15) is 17.2 Å². The second kappa shape index (κ2) is 6.29. The van der Waals surface area contributed by atoms with Crippen molar-refractivity contribution in [3.05, 3.63) is 52.0 Å². The molecule has 0 radical (unpaired) electrons. The van der Waals surface area contributed by atoms with Gasteiger partial charge in [-0.15, -0.1) is 0 Å². The van der Waals surface area contributed by atoms with Gasteiger partial charge in [-0.25, -0.2) is 0 Å². The Morgan fingerprint density at radius 1 is 1.15 bits per heavy atom. The van der Waals surface area contributed by atoms with E-state index in [1.54, 1.807) is 7.11 Å². The lowest BCUT2D eigenvalue weighted by molar-refractivity contribution is 0.397. The topological polar surface area (TPSA) is 44.5 Å². The summed E-state index contributed by atoms with van der Waals surface area (Å²) in [5.41, 5.74) is 8.02. The van der Waals surface area contributed by atoms with Gasteiger partial charge in [-0.1, -0.05) is 22.0 Å². The molecule has 0 spiro atoms. The zero-order chi connectivity index (χ0) is 14.7. The fourth-order valence-electron chi connectivity index (χ4n) is 2.05. The molecule has 0 aliphatic heterocycles. The fraction of sp³-hybridized carbons (Fsp3) is 0.250. The molecule has 0 aliphatic rings. The molecule has 2 N–H and O–H groups in total. The number of rotatable bonds is 4. The minimum Gasteiger partial charge on any atom is -0.496 e. The van der Waals surface area contributed by atoms with Crippen molar-refractivity contribution in [3.8, 4) is 17.2 Å². The molecule has 2 rings (SSSR count).